The van der Waals surface area contributed by atoms with Crippen LogP contribution in [0, 0.1) is 18.7 Å². The van der Waals surface area contributed by atoms with E-state index in [2.05, 4.69) is 10.6 Å². The van der Waals surface area contributed by atoms with Crippen LogP contribution in [0.2, 0.25) is 10.0 Å². The van der Waals surface area contributed by atoms with Gasteiger partial charge in [0, 0.05) is 23.0 Å². The summed E-state index contributed by atoms with van der Waals surface area (Å²) < 4.78 is 12.1. The fraction of sp³-hybridized carbons (Fsp3) is 0.167. The van der Waals surface area contributed by atoms with Crippen molar-refractivity contribution in [1.82, 2.24) is 0 Å². The van der Waals surface area contributed by atoms with E-state index >= 15 is 0 Å². The molecule has 0 spiro atoms. The van der Waals surface area contributed by atoms with Crippen molar-refractivity contribution in [2.45, 2.75) is 17.2 Å². The van der Waals surface area contributed by atoms with Gasteiger partial charge >= 0.3 is 0 Å². The van der Waals surface area contributed by atoms with Crippen LogP contribution >= 0.6 is 46.4 Å². The van der Waals surface area contributed by atoms with Gasteiger partial charge in [0.25, 0.3) is 5.91 Å². The number of rotatable bonds is 5. The summed E-state index contributed by atoms with van der Waals surface area (Å²) in [5.41, 5.74) is 8.74. The van der Waals surface area contributed by atoms with Gasteiger partial charge in [-0.1, -0.05) is 29.3 Å². The molecule has 0 radical (unpaired) electrons. The molecule has 3 aromatic rings. The fourth-order valence-electron chi connectivity index (χ4n) is 3.79. The van der Waals surface area contributed by atoms with Crippen molar-refractivity contribution in [1.29, 1.82) is 0 Å². The summed E-state index contributed by atoms with van der Waals surface area (Å²) in [6.07, 6.45) is 0. The number of carbonyl (C=O) groups excluding carboxylic acids is 2. The van der Waals surface area contributed by atoms with Crippen LogP contribution in [0.15, 0.2) is 54.6 Å². The lowest BCUT2D eigenvalue weighted by Crippen LogP contribution is -2.18. The molecule has 0 bridgehead atoms. The van der Waals surface area contributed by atoms with Crippen LogP contribution in [0.4, 0.5) is 21.5 Å². The summed E-state index contributed by atoms with van der Waals surface area (Å²) in [6, 6.07) is 13.7. The Morgan fingerprint density at radius 3 is 2.38 bits per heavy atom. The van der Waals surface area contributed by atoms with Crippen molar-refractivity contribution in [3.8, 4) is 0 Å². The quantitative estimate of drug-likeness (QED) is 0.246. The Balaban J connectivity index is 1.51. The van der Waals surface area contributed by atoms with E-state index in [0.29, 0.717) is 22.6 Å². The zero-order valence-corrected chi connectivity index (χ0v) is 20.7. The first-order chi connectivity index (χ1) is 16.0. The molecule has 0 aromatic heterocycles. The molecule has 176 valence electrons. The summed E-state index contributed by atoms with van der Waals surface area (Å²) in [5, 5.41) is 5.63. The summed E-state index contributed by atoms with van der Waals surface area (Å²) in [5.74, 6) is -2.87. The van der Waals surface area contributed by atoms with E-state index in [1.165, 1.54) is 30.3 Å². The minimum Gasteiger partial charge on any atom is -0.399 e. The average Bonchev–Trinajstić information content (AvgIpc) is 3.35. The molecular formula is C24H18Cl4FN3O2. The molecule has 5 nitrogen and oxygen atoms in total. The first-order valence-electron chi connectivity index (χ1n) is 10.1. The van der Waals surface area contributed by atoms with Crippen LogP contribution < -0.4 is 16.4 Å². The van der Waals surface area contributed by atoms with Crippen molar-refractivity contribution in [2.75, 3.05) is 16.4 Å². The number of halogens is 5. The van der Waals surface area contributed by atoms with Crippen LogP contribution in [0.3, 0.4) is 0 Å². The third-order valence-corrected chi connectivity index (χ3v) is 7.18. The lowest BCUT2D eigenvalue weighted by atomic mass is 10.1. The minimum atomic E-state index is -1.38. The van der Waals surface area contributed by atoms with E-state index < -0.39 is 33.8 Å². The maximum Gasteiger partial charge on any atom is 0.257 e. The SMILES string of the molecule is Cc1cc(N)ccc1NC(=O)c1cc(NC(=O)[C@@H]2[C@@H](c3ccc(F)c(Cl)c3)C2(Cl)Cl)ccc1Cl. The topological polar surface area (TPSA) is 84.2 Å². The number of carbonyl (C=O) groups is 2. The maximum atomic E-state index is 13.5. The monoisotopic (exact) mass is 539 g/mol. The highest BCUT2D eigenvalue weighted by molar-refractivity contribution is 6.53. The highest BCUT2D eigenvalue weighted by Crippen LogP contribution is 2.65. The molecule has 2 amide bonds. The van der Waals surface area contributed by atoms with Gasteiger partial charge in [-0.05, 0) is 66.6 Å². The van der Waals surface area contributed by atoms with Crippen LogP contribution in [0.1, 0.15) is 27.4 Å². The Labute approximate surface area is 215 Å². The van der Waals surface area contributed by atoms with E-state index in [0.717, 1.165) is 5.56 Å². The van der Waals surface area contributed by atoms with Gasteiger partial charge < -0.3 is 16.4 Å². The average molecular weight is 541 g/mol. The van der Waals surface area contributed by atoms with Crippen LogP contribution in [0.5, 0.6) is 0 Å². The van der Waals surface area contributed by atoms with E-state index in [4.69, 9.17) is 52.1 Å². The van der Waals surface area contributed by atoms with Gasteiger partial charge in [-0.25, -0.2) is 4.39 Å². The highest BCUT2D eigenvalue weighted by atomic mass is 35.5. The van der Waals surface area contributed by atoms with E-state index in [9.17, 15) is 14.0 Å². The molecule has 34 heavy (non-hydrogen) atoms. The molecule has 1 fully saturated rings. The Hall–Kier alpha value is -2.51. The summed E-state index contributed by atoms with van der Waals surface area (Å²) >= 11 is 24.8. The molecule has 0 aliphatic heterocycles. The van der Waals surface area contributed by atoms with Gasteiger partial charge in [0.1, 0.15) is 10.2 Å². The van der Waals surface area contributed by atoms with Crippen molar-refractivity contribution >= 4 is 75.3 Å². The van der Waals surface area contributed by atoms with Crippen molar-refractivity contribution in [3.05, 3.63) is 87.2 Å². The Morgan fingerprint density at radius 1 is 0.971 bits per heavy atom. The summed E-state index contributed by atoms with van der Waals surface area (Å²) in [7, 11) is 0. The lowest BCUT2D eigenvalue weighted by molar-refractivity contribution is -0.117. The molecule has 0 saturated heterocycles. The van der Waals surface area contributed by atoms with Crippen LogP contribution in [0.25, 0.3) is 0 Å². The molecule has 1 aliphatic carbocycles. The van der Waals surface area contributed by atoms with E-state index in [1.807, 2.05) is 6.92 Å². The molecule has 10 heteroatoms. The number of alkyl halides is 2. The number of hydrogen-bond acceptors (Lipinski definition) is 3. The largest absolute Gasteiger partial charge is 0.399 e. The molecule has 1 saturated carbocycles. The number of aryl methyl sites for hydroxylation is 1. The van der Waals surface area contributed by atoms with Crippen molar-refractivity contribution in [2.24, 2.45) is 5.92 Å². The molecule has 3 aromatic carbocycles. The van der Waals surface area contributed by atoms with Gasteiger partial charge in [0.2, 0.25) is 5.91 Å². The molecule has 0 unspecified atom stereocenters. The predicted octanol–water partition coefficient (Wildman–Crippen LogP) is 6.80. The van der Waals surface area contributed by atoms with Gasteiger partial charge in [0.05, 0.1) is 21.5 Å². The van der Waals surface area contributed by atoms with Gasteiger partial charge in [-0.3, -0.25) is 9.59 Å². The summed E-state index contributed by atoms with van der Waals surface area (Å²) in [6.45, 7) is 1.81. The Morgan fingerprint density at radius 2 is 1.71 bits per heavy atom. The standard InChI is InChI=1S/C24H18Cl4FN3O2/c1-11-8-13(30)3-7-19(11)32-22(33)15-10-14(4-5-16(15)25)31-23(34)21-20(24(21,27)28)12-2-6-18(29)17(26)9-12/h2-10,20-21H,30H2,1H3,(H,31,34)(H,32,33)/t20-,21+/m1/s1. The van der Waals surface area contributed by atoms with Crippen LogP contribution in [-0.2, 0) is 4.79 Å². The molecular weight excluding hydrogens is 523 g/mol. The first-order valence-corrected chi connectivity index (χ1v) is 11.6. The number of nitrogens with one attached hydrogen (secondary N) is 2. The molecule has 4 rings (SSSR count). The second-order valence-electron chi connectivity index (χ2n) is 8.02. The highest BCUT2D eigenvalue weighted by Gasteiger charge is 2.67. The Kier molecular flexibility index (Phi) is 6.71. The van der Waals surface area contributed by atoms with Crippen molar-refractivity contribution in [3.63, 3.8) is 0 Å². The third-order valence-electron chi connectivity index (χ3n) is 5.62. The van der Waals surface area contributed by atoms with Crippen LogP contribution in [-0.4, -0.2) is 16.1 Å². The zero-order valence-electron chi connectivity index (χ0n) is 17.6. The van der Waals surface area contributed by atoms with Gasteiger partial charge in [-0.2, -0.15) is 0 Å². The van der Waals surface area contributed by atoms with Gasteiger partial charge in [-0.15, -0.1) is 23.2 Å². The summed E-state index contributed by atoms with van der Waals surface area (Å²) in [4.78, 5) is 25.8. The zero-order chi connectivity index (χ0) is 24.8. The van der Waals surface area contributed by atoms with Gasteiger partial charge in [0.15, 0.2) is 0 Å². The van der Waals surface area contributed by atoms with E-state index in [1.54, 1.807) is 24.3 Å². The molecule has 0 heterocycles. The number of nitrogen functional groups attached to an aromatic ring is 1. The number of amides is 2. The third kappa shape index (κ3) is 4.82. The second-order valence-corrected chi connectivity index (χ2v) is 10.3. The lowest BCUT2D eigenvalue weighted by Gasteiger charge is -2.12. The number of nitrogens with two attached hydrogens (primary N) is 1. The number of hydrogen-bond donors (Lipinski definition) is 3. The van der Waals surface area contributed by atoms with Crippen molar-refractivity contribution < 1.29 is 14.0 Å². The smallest absolute Gasteiger partial charge is 0.257 e. The molecule has 1 aliphatic rings. The fourth-order valence-corrected chi connectivity index (χ4v) is 5.01. The number of benzene rings is 3. The maximum absolute atomic E-state index is 13.5. The molecule has 4 N–H and O–H groups in total. The Bertz CT molecular complexity index is 1320. The molecule has 2 atom stereocenters. The van der Waals surface area contributed by atoms with E-state index in [-0.39, 0.29) is 15.6 Å². The first kappa shape index (κ1) is 24.6. The number of anilines is 3. The second kappa shape index (κ2) is 9.27. The predicted molar refractivity (Wildman–Crippen MR) is 136 cm³/mol. The normalized spacial score (nSPS) is 18.3. The minimum absolute atomic E-state index is 0.0858.